The Labute approximate surface area is 206 Å². The van der Waals surface area contributed by atoms with Crippen molar-refractivity contribution in [2.45, 2.75) is 32.0 Å². The van der Waals surface area contributed by atoms with Gasteiger partial charge in [-0.1, -0.05) is 30.3 Å². The van der Waals surface area contributed by atoms with E-state index >= 15 is 0 Å². The maximum absolute atomic E-state index is 13.5. The molecule has 1 fully saturated rings. The number of nitrogens with zero attached hydrogens (tertiary/aromatic N) is 3. The quantitative estimate of drug-likeness (QED) is 0.474. The first-order chi connectivity index (χ1) is 17.0. The Bertz CT molecular complexity index is 1130. The third kappa shape index (κ3) is 6.35. The van der Waals surface area contributed by atoms with E-state index in [2.05, 4.69) is 5.32 Å². The molecule has 0 saturated heterocycles. The Balaban J connectivity index is 1.50. The number of ether oxygens (including phenoxy) is 2. The van der Waals surface area contributed by atoms with Crippen molar-refractivity contribution < 1.29 is 19.1 Å². The molecule has 1 aromatic heterocycles. The number of hydrogen-bond donors (Lipinski definition) is 1. The second-order valence-electron chi connectivity index (χ2n) is 8.74. The van der Waals surface area contributed by atoms with Crippen LogP contribution in [0, 0.1) is 0 Å². The Morgan fingerprint density at radius 1 is 0.971 bits per heavy atom. The topological polar surface area (TPSA) is 76.0 Å². The molecule has 4 rings (SSSR count). The fourth-order valence-corrected chi connectivity index (χ4v) is 3.97. The molecule has 8 nitrogen and oxygen atoms in total. The summed E-state index contributed by atoms with van der Waals surface area (Å²) in [7, 11) is 5.08. The predicted octanol–water partition coefficient (Wildman–Crippen LogP) is 4.27. The maximum Gasteiger partial charge on any atom is 0.322 e. The summed E-state index contributed by atoms with van der Waals surface area (Å²) in [6.45, 7) is 0.942. The molecule has 0 unspecified atom stereocenters. The third-order valence-electron chi connectivity index (χ3n) is 6.13. The molecule has 0 radical (unpaired) electrons. The molecule has 0 bridgehead atoms. The fourth-order valence-electron chi connectivity index (χ4n) is 3.97. The molecule has 35 heavy (non-hydrogen) atoms. The highest BCUT2D eigenvalue weighted by atomic mass is 16.5. The van der Waals surface area contributed by atoms with Crippen LogP contribution in [0.25, 0.3) is 0 Å². The van der Waals surface area contributed by atoms with Gasteiger partial charge in [0.25, 0.3) is 0 Å². The van der Waals surface area contributed by atoms with E-state index in [1.54, 1.807) is 37.3 Å². The van der Waals surface area contributed by atoms with E-state index in [0.717, 1.165) is 24.1 Å². The van der Waals surface area contributed by atoms with Crippen LogP contribution in [0.5, 0.6) is 11.5 Å². The SMILES string of the molecule is COc1cc(NC(=O)N(CC(=O)N(Cc2ccccc2)Cc2cccn2C)C2CC2)cc(OC)c1. The first-order valence-corrected chi connectivity index (χ1v) is 11.7. The molecule has 184 valence electrons. The average molecular weight is 477 g/mol. The van der Waals surface area contributed by atoms with E-state index in [-0.39, 0.29) is 24.5 Å². The van der Waals surface area contributed by atoms with Gasteiger partial charge >= 0.3 is 6.03 Å². The predicted molar refractivity (Wildman–Crippen MR) is 134 cm³/mol. The van der Waals surface area contributed by atoms with Gasteiger partial charge in [-0.3, -0.25) is 4.79 Å². The van der Waals surface area contributed by atoms with Gasteiger partial charge in [-0.2, -0.15) is 0 Å². The van der Waals surface area contributed by atoms with Gasteiger partial charge in [0.15, 0.2) is 0 Å². The average Bonchev–Trinajstić information content (AvgIpc) is 3.63. The highest BCUT2D eigenvalue weighted by Gasteiger charge is 2.35. The van der Waals surface area contributed by atoms with E-state index in [1.807, 2.05) is 65.2 Å². The normalized spacial score (nSPS) is 12.7. The Morgan fingerprint density at radius 2 is 1.66 bits per heavy atom. The van der Waals surface area contributed by atoms with Crippen LogP contribution in [0.4, 0.5) is 10.5 Å². The van der Waals surface area contributed by atoms with Gasteiger partial charge in [0.05, 0.1) is 20.8 Å². The second-order valence-corrected chi connectivity index (χ2v) is 8.74. The molecule has 0 spiro atoms. The molecule has 1 saturated carbocycles. The first-order valence-electron chi connectivity index (χ1n) is 11.7. The van der Waals surface area contributed by atoms with Gasteiger partial charge in [-0.15, -0.1) is 0 Å². The summed E-state index contributed by atoms with van der Waals surface area (Å²) in [6.07, 6.45) is 3.74. The number of methoxy groups -OCH3 is 2. The monoisotopic (exact) mass is 476 g/mol. The number of aryl methyl sites for hydroxylation is 1. The highest BCUT2D eigenvalue weighted by molar-refractivity contribution is 5.93. The van der Waals surface area contributed by atoms with Crippen molar-refractivity contribution in [1.29, 1.82) is 0 Å². The van der Waals surface area contributed by atoms with Crippen LogP contribution in [0.15, 0.2) is 66.9 Å². The summed E-state index contributed by atoms with van der Waals surface area (Å²) < 4.78 is 12.6. The zero-order chi connectivity index (χ0) is 24.8. The van der Waals surface area contributed by atoms with Crippen LogP contribution < -0.4 is 14.8 Å². The molecule has 3 aromatic rings. The van der Waals surface area contributed by atoms with Crippen molar-refractivity contribution in [2.75, 3.05) is 26.1 Å². The van der Waals surface area contributed by atoms with E-state index in [0.29, 0.717) is 30.3 Å². The summed E-state index contributed by atoms with van der Waals surface area (Å²) in [5.41, 5.74) is 2.62. The smallest absolute Gasteiger partial charge is 0.322 e. The van der Waals surface area contributed by atoms with Crippen LogP contribution in [0.2, 0.25) is 0 Å². The number of rotatable bonds is 10. The maximum atomic E-state index is 13.5. The Hall–Kier alpha value is -3.94. The third-order valence-corrected chi connectivity index (χ3v) is 6.13. The molecule has 3 amide bonds. The number of nitrogens with one attached hydrogen (secondary N) is 1. The van der Waals surface area contributed by atoms with Gasteiger partial charge in [0, 0.05) is 55.4 Å². The van der Waals surface area contributed by atoms with Crippen molar-refractivity contribution in [3.8, 4) is 11.5 Å². The van der Waals surface area contributed by atoms with Crippen molar-refractivity contribution in [1.82, 2.24) is 14.4 Å². The zero-order valence-electron chi connectivity index (χ0n) is 20.4. The lowest BCUT2D eigenvalue weighted by atomic mass is 10.2. The van der Waals surface area contributed by atoms with Crippen LogP contribution in [-0.4, -0.2) is 53.1 Å². The summed E-state index contributed by atoms with van der Waals surface area (Å²) in [4.78, 5) is 30.2. The van der Waals surface area contributed by atoms with Gasteiger partial charge in [0.2, 0.25) is 5.91 Å². The second kappa shape index (κ2) is 11.0. The van der Waals surface area contributed by atoms with Gasteiger partial charge in [-0.25, -0.2) is 4.79 Å². The van der Waals surface area contributed by atoms with E-state index < -0.39 is 0 Å². The summed E-state index contributed by atoms with van der Waals surface area (Å²) in [5.74, 6) is 1.05. The molecule has 1 N–H and O–H groups in total. The number of urea groups is 1. The summed E-state index contributed by atoms with van der Waals surface area (Å²) >= 11 is 0. The van der Waals surface area contributed by atoms with Crippen molar-refractivity contribution in [3.05, 3.63) is 78.1 Å². The molecule has 1 aliphatic rings. The molecule has 0 aliphatic heterocycles. The number of aromatic nitrogens is 1. The van der Waals surface area contributed by atoms with Gasteiger partial charge in [-0.05, 0) is 30.5 Å². The lowest BCUT2D eigenvalue weighted by Crippen LogP contribution is -2.45. The van der Waals surface area contributed by atoms with Gasteiger partial charge < -0.3 is 29.2 Å². The number of benzene rings is 2. The largest absolute Gasteiger partial charge is 0.497 e. The van der Waals surface area contributed by atoms with E-state index in [1.165, 1.54) is 0 Å². The highest BCUT2D eigenvalue weighted by Crippen LogP contribution is 2.30. The summed E-state index contributed by atoms with van der Waals surface area (Å²) in [6, 6.07) is 18.8. The van der Waals surface area contributed by atoms with E-state index in [4.69, 9.17) is 9.47 Å². The number of carbonyl (C=O) groups is 2. The minimum Gasteiger partial charge on any atom is -0.497 e. The molecule has 1 heterocycles. The lowest BCUT2D eigenvalue weighted by Gasteiger charge is -2.28. The van der Waals surface area contributed by atoms with Gasteiger partial charge in [0.1, 0.15) is 18.0 Å². The molecular formula is C27H32N4O4. The minimum atomic E-state index is -0.310. The number of carbonyl (C=O) groups excluding carboxylic acids is 2. The standard InChI is InChI=1S/C27H32N4O4/c1-29-13-7-10-23(29)18-30(17-20-8-5-4-6-9-20)26(32)19-31(22-11-12-22)27(33)28-21-14-24(34-2)16-25(15-21)35-3/h4-10,13-16,22H,11-12,17-19H2,1-3H3,(H,28,33). The number of anilines is 1. The van der Waals surface area contributed by atoms with Crippen LogP contribution in [-0.2, 0) is 24.9 Å². The molecular weight excluding hydrogens is 444 g/mol. The molecule has 1 aliphatic carbocycles. The minimum absolute atomic E-state index is 0.00879. The number of hydrogen-bond acceptors (Lipinski definition) is 4. The van der Waals surface area contributed by atoms with Crippen LogP contribution >= 0.6 is 0 Å². The van der Waals surface area contributed by atoms with Crippen molar-refractivity contribution in [3.63, 3.8) is 0 Å². The number of amides is 3. The van der Waals surface area contributed by atoms with Crippen molar-refractivity contribution >= 4 is 17.6 Å². The zero-order valence-corrected chi connectivity index (χ0v) is 20.4. The molecule has 2 aromatic carbocycles. The summed E-state index contributed by atoms with van der Waals surface area (Å²) in [5, 5.41) is 2.91. The fraction of sp³-hybridized carbons (Fsp3) is 0.333. The van der Waals surface area contributed by atoms with E-state index in [9.17, 15) is 9.59 Å². The van der Waals surface area contributed by atoms with Crippen LogP contribution in [0.3, 0.4) is 0 Å². The van der Waals surface area contributed by atoms with Crippen molar-refractivity contribution in [2.24, 2.45) is 7.05 Å². The van der Waals surface area contributed by atoms with Crippen LogP contribution in [0.1, 0.15) is 24.1 Å². The Kier molecular flexibility index (Phi) is 7.60. The first kappa shape index (κ1) is 24.2. The lowest BCUT2D eigenvalue weighted by molar-refractivity contribution is -0.133. The molecule has 0 atom stereocenters. The molecule has 8 heteroatoms. The Morgan fingerprint density at radius 3 is 2.23 bits per heavy atom.